The predicted octanol–water partition coefficient (Wildman–Crippen LogP) is 1.62. The van der Waals surface area contributed by atoms with Crippen LogP contribution in [0.5, 0.6) is 5.75 Å². The molecule has 0 atom stereocenters. The number of hydrogen-bond donors (Lipinski definition) is 2. The van der Waals surface area contributed by atoms with E-state index in [0.717, 1.165) is 29.4 Å². The van der Waals surface area contributed by atoms with Crippen LogP contribution in [0.3, 0.4) is 0 Å². The number of carbonyl (C=O) groups excluding carboxylic acids is 2. The van der Waals surface area contributed by atoms with E-state index < -0.39 is 10.8 Å². The normalized spacial score (nSPS) is 12.8. The summed E-state index contributed by atoms with van der Waals surface area (Å²) in [6.45, 7) is 0.429. The number of nitrogens with zero attached hydrogens (tertiary/aromatic N) is 2. The second-order valence-electron chi connectivity index (χ2n) is 5.57. The summed E-state index contributed by atoms with van der Waals surface area (Å²) < 4.78 is 0. The van der Waals surface area contributed by atoms with Crippen molar-refractivity contribution in [2.75, 3.05) is 18.0 Å². The molecule has 8 heteroatoms. The highest BCUT2D eigenvalue weighted by atomic mass is 16.6. The zero-order valence-electron chi connectivity index (χ0n) is 13.1. The van der Waals surface area contributed by atoms with Crippen LogP contribution in [0.2, 0.25) is 0 Å². The number of carbonyl (C=O) groups is 2. The molecule has 8 nitrogen and oxygen atoms in total. The molecule has 2 N–H and O–H groups in total. The minimum atomic E-state index is -0.643. The molecule has 1 aliphatic heterocycles. The SMILES string of the molecule is O=C(NCCN1C(=O)Cc2ccccc21)c1cc([N+](=O)[O-])ccc1O. The van der Waals surface area contributed by atoms with E-state index in [1.165, 1.54) is 0 Å². The monoisotopic (exact) mass is 341 g/mol. The predicted molar refractivity (Wildman–Crippen MR) is 89.6 cm³/mol. The van der Waals surface area contributed by atoms with Gasteiger partial charge in [0.1, 0.15) is 5.75 Å². The number of nitro groups is 1. The molecule has 3 rings (SSSR count). The molecular weight excluding hydrogens is 326 g/mol. The summed E-state index contributed by atoms with van der Waals surface area (Å²) in [5.41, 5.74) is 1.30. The maximum absolute atomic E-state index is 12.1. The molecule has 25 heavy (non-hydrogen) atoms. The van der Waals surface area contributed by atoms with Crippen molar-refractivity contribution in [1.29, 1.82) is 0 Å². The largest absolute Gasteiger partial charge is 0.507 e. The number of rotatable bonds is 5. The Balaban J connectivity index is 1.65. The minimum absolute atomic E-state index is 0.0476. The third-order valence-corrected chi connectivity index (χ3v) is 3.98. The van der Waals surface area contributed by atoms with Crippen LogP contribution in [0.4, 0.5) is 11.4 Å². The van der Waals surface area contributed by atoms with Crippen LogP contribution in [-0.2, 0) is 11.2 Å². The Bertz CT molecular complexity index is 865. The van der Waals surface area contributed by atoms with Gasteiger partial charge in [0.05, 0.1) is 16.9 Å². The van der Waals surface area contributed by atoms with E-state index in [1.807, 2.05) is 24.3 Å². The maximum atomic E-state index is 12.1. The van der Waals surface area contributed by atoms with Gasteiger partial charge in [0.2, 0.25) is 5.91 Å². The Labute approximate surface area is 142 Å². The Morgan fingerprint density at radius 3 is 2.80 bits per heavy atom. The molecule has 0 bridgehead atoms. The number of aromatic hydroxyl groups is 1. The lowest BCUT2D eigenvalue weighted by molar-refractivity contribution is -0.384. The molecule has 0 unspecified atom stereocenters. The topological polar surface area (TPSA) is 113 Å². The van der Waals surface area contributed by atoms with Crippen LogP contribution < -0.4 is 10.2 Å². The number of non-ortho nitro benzene ring substituents is 1. The number of anilines is 1. The molecule has 2 aromatic carbocycles. The molecule has 0 aliphatic carbocycles. The van der Waals surface area contributed by atoms with Crippen molar-refractivity contribution in [3.63, 3.8) is 0 Å². The average molecular weight is 341 g/mol. The van der Waals surface area contributed by atoms with Crippen LogP contribution in [0.15, 0.2) is 42.5 Å². The number of benzene rings is 2. The van der Waals surface area contributed by atoms with Gasteiger partial charge in [-0.05, 0) is 17.7 Å². The molecule has 0 saturated carbocycles. The Morgan fingerprint density at radius 1 is 1.28 bits per heavy atom. The van der Waals surface area contributed by atoms with Gasteiger partial charge < -0.3 is 15.3 Å². The summed E-state index contributed by atoms with van der Waals surface area (Å²) in [6.07, 6.45) is 0.329. The molecule has 0 spiro atoms. The van der Waals surface area contributed by atoms with Gasteiger partial charge in [-0.3, -0.25) is 19.7 Å². The Hall–Kier alpha value is -3.42. The minimum Gasteiger partial charge on any atom is -0.507 e. The quantitative estimate of drug-likeness (QED) is 0.634. The molecule has 1 heterocycles. The number of para-hydroxylation sites is 1. The summed E-state index contributed by atoms with van der Waals surface area (Å²) >= 11 is 0. The van der Waals surface area contributed by atoms with Gasteiger partial charge in [0, 0.05) is 30.9 Å². The van der Waals surface area contributed by atoms with Gasteiger partial charge in [0.15, 0.2) is 0 Å². The Morgan fingerprint density at radius 2 is 2.04 bits per heavy atom. The third kappa shape index (κ3) is 3.27. The van der Waals surface area contributed by atoms with Crippen molar-refractivity contribution < 1.29 is 19.6 Å². The molecule has 0 saturated heterocycles. The first kappa shape index (κ1) is 16.4. The fraction of sp³-hybridized carbons (Fsp3) is 0.176. The summed E-state index contributed by atoms with van der Waals surface area (Å²) in [5.74, 6) is -1.03. The molecule has 2 aromatic rings. The fourth-order valence-electron chi connectivity index (χ4n) is 2.76. The van der Waals surface area contributed by atoms with Crippen molar-refractivity contribution in [3.05, 3.63) is 63.7 Å². The van der Waals surface area contributed by atoms with Crippen LogP contribution in [-0.4, -0.2) is 34.9 Å². The van der Waals surface area contributed by atoms with E-state index in [0.29, 0.717) is 6.42 Å². The number of nitrogens with one attached hydrogen (secondary N) is 1. The van der Waals surface area contributed by atoms with E-state index in [-0.39, 0.29) is 36.0 Å². The number of amides is 2. The smallest absolute Gasteiger partial charge is 0.270 e. The van der Waals surface area contributed by atoms with Gasteiger partial charge in [-0.2, -0.15) is 0 Å². The van der Waals surface area contributed by atoms with Crippen molar-refractivity contribution >= 4 is 23.2 Å². The molecule has 1 aliphatic rings. The fourth-order valence-corrected chi connectivity index (χ4v) is 2.76. The first-order chi connectivity index (χ1) is 12.0. The molecule has 128 valence electrons. The van der Waals surface area contributed by atoms with Crippen molar-refractivity contribution in [3.8, 4) is 5.75 Å². The van der Waals surface area contributed by atoms with Crippen molar-refractivity contribution in [2.45, 2.75) is 6.42 Å². The highest BCUT2D eigenvalue weighted by Gasteiger charge is 2.26. The van der Waals surface area contributed by atoms with E-state index in [9.17, 15) is 24.8 Å². The zero-order chi connectivity index (χ0) is 18.0. The van der Waals surface area contributed by atoms with Crippen LogP contribution in [0.25, 0.3) is 0 Å². The van der Waals surface area contributed by atoms with Crippen LogP contribution in [0.1, 0.15) is 15.9 Å². The van der Waals surface area contributed by atoms with Crippen LogP contribution >= 0.6 is 0 Å². The molecular formula is C17H15N3O5. The van der Waals surface area contributed by atoms with Gasteiger partial charge in [-0.25, -0.2) is 0 Å². The van der Waals surface area contributed by atoms with Gasteiger partial charge in [-0.1, -0.05) is 18.2 Å². The van der Waals surface area contributed by atoms with Gasteiger partial charge in [-0.15, -0.1) is 0 Å². The lowest BCUT2D eigenvalue weighted by Crippen LogP contribution is -2.36. The Kier molecular flexibility index (Phi) is 4.34. The summed E-state index contributed by atoms with van der Waals surface area (Å²) in [7, 11) is 0. The zero-order valence-corrected chi connectivity index (χ0v) is 13.1. The summed E-state index contributed by atoms with van der Waals surface area (Å²) in [6, 6.07) is 10.7. The summed E-state index contributed by atoms with van der Waals surface area (Å²) in [4.78, 5) is 35.9. The number of fused-ring (bicyclic) bond motifs is 1. The van der Waals surface area contributed by atoms with E-state index in [2.05, 4.69) is 5.32 Å². The van der Waals surface area contributed by atoms with Crippen molar-refractivity contribution in [2.24, 2.45) is 0 Å². The average Bonchev–Trinajstić information content (AvgIpc) is 2.90. The number of phenolic OH excluding ortho intramolecular Hbond substituents is 1. The summed E-state index contributed by atoms with van der Waals surface area (Å²) in [5, 5.41) is 23.1. The molecule has 0 aromatic heterocycles. The van der Waals surface area contributed by atoms with Gasteiger partial charge in [0.25, 0.3) is 11.6 Å². The molecule has 0 fully saturated rings. The lowest BCUT2D eigenvalue weighted by Gasteiger charge is -2.17. The van der Waals surface area contributed by atoms with Gasteiger partial charge >= 0.3 is 0 Å². The number of hydrogen-bond acceptors (Lipinski definition) is 5. The van der Waals surface area contributed by atoms with E-state index in [1.54, 1.807) is 4.90 Å². The molecule has 0 radical (unpaired) electrons. The molecule has 2 amide bonds. The standard InChI is InChI=1S/C17H15N3O5/c21-15-6-5-12(20(24)25)10-13(15)17(23)18-7-8-19-14-4-2-1-3-11(14)9-16(19)22/h1-6,10,21H,7-9H2,(H,18,23). The number of phenols is 1. The highest BCUT2D eigenvalue weighted by Crippen LogP contribution is 2.28. The van der Waals surface area contributed by atoms with E-state index >= 15 is 0 Å². The number of nitro benzene ring substituents is 1. The third-order valence-electron chi connectivity index (χ3n) is 3.98. The van der Waals surface area contributed by atoms with Crippen LogP contribution in [0, 0.1) is 10.1 Å². The second kappa shape index (κ2) is 6.60. The highest BCUT2D eigenvalue weighted by molar-refractivity contribution is 6.01. The first-order valence-corrected chi connectivity index (χ1v) is 7.61. The van der Waals surface area contributed by atoms with Crippen molar-refractivity contribution in [1.82, 2.24) is 5.32 Å². The first-order valence-electron chi connectivity index (χ1n) is 7.61. The maximum Gasteiger partial charge on any atom is 0.270 e. The van der Waals surface area contributed by atoms with E-state index in [4.69, 9.17) is 0 Å². The second-order valence-corrected chi connectivity index (χ2v) is 5.57. The lowest BCUT2D eigenvalue weighted by atomic mass is 10.1.